The summed E-state index contributed by atoms with van der Waals surface area (Å²) in [4.78, 5) is 10.7. The van der Waals surface area contributed by atoms with E-state index in [0.29, 0.717) is 18.8 Å². The third-order valence-electron chi connectivity index (χ3n) is 2.27. The zero-order valence-corrected chi connectivity index (χ0v) is 9.64. The van der Waals surface area contributed by atoms with E-state index in [0.717, 1.165) is 19.4 Å². The number of aromatic nitrogens is 3. The lowest BCUT2D eigenvalue weighted by Crippen LogP contribution is -2.10. The number of carboxylic acids is 1. The van der Waals surface area contributed by atoms with Gasteiger partial charge in [-0.3, -0.25) is 0 Å². The van der Waals surface area contributed by atoms with Gasteiger partial charge in [0.2, 0.25) is 0 Å². The maximum atomic E-state index is 10.7. The molecule has 0 bridgehead atoms. The van der Waals surface area contributed by atoms with Gasteiger partial charge in [0.15, 0.2) is 5.69 Å². The monoisotopic (exact) mass is 227 g/mol. The molecule has 1 rings (SSSR count). The lowest BCUT2D eigenvalue weighted by Gasteiger charge is -2.04. The normalized spacial score (nSPS) is 10.6. The molecule has 0 aliphatic heterocycles. The Bertz CT molecular complexity index is 349. The van der Waals surface area contributed by atoms with Crippen molar-refractivity contribution in [1.29, 1.82) is 0 Å². The van der Waals surface area contributed by atoms with Crippen LogP contribution in [0.5, 0.6) is 0 Å². The second-order valence-corrected chi connectivity index (χ2v) is 3.52. The van der Waals surface area contributed by atoms with Gasteiger partial charge in [-0.2, -0.15) is 0 Å². The fraction of sp³-hybridized carbons (Fsp3) is 0.700. The molecule has 0 aromatic carbocycles. The average molecular weight is 227 g/mol. The Hall–Kier alpha value is -1.43. The minimum Gasteiger partial charge on any atom is -0.476 e. The molecule has 0 aliphatic carbocycles. The van der Waals surface area contributed by atoms with E-state index in [-0.39, 0.29) is 5.69 Å². The van der Waals surface area contributed by atoms with Crippen molar-refractivity contribution in [2.45, 2.75) is 33.2 Å². The van der Waals surface area contributed by atoms with Gasteiger partial charge in [-0.15, -0.1) is 5.10 Å². The SMILES string of the molecule is CCCCOCCn1nnc(C(=O)O)c1C. The van der Waals surface area contributed by atoms with Crippen molar-refractivity contribution >= 4 is 5.97 Å². The predicted octanol–water partition coefficient (Wildman–Crippen LogP) is 1.10. The lowest BCUT2D eigenvalue weighted by atomic mass is 10.3. The third-order valence-corrected chi connectivity index (χ3v) is 2.27. The van der Waals surface area contributed by atoms with Crippen LogP contribution in [0.25, 0.3) is 0 Å². The third kappa shape index (κ3) is 3.30. The van der Waals surface area contributed by atoms with Crippen molar-refractivity contribution in [2.24, 2.45) is 0 Å². The van der Waals surface area contributed by atoms with Gasteiger partial charge in [0.05, 0.1) is 18.8 Å². The molecule has 1 N–H and O–H groups in total. The number of rotatable bonds is 7. The van der Waals surface area contributed by atoms with Crippen molar-refractivity contribution in [3.05, 3.63) is 11.4 Å². The second-order valence-electron chi connectivity index (χ2n) is 3.52. The molecule has 0 spiro atoms. The Morgan fingerprint density at radius 1 is 1.50 bits per heavy atom. The van der Waals surface area contributed by atoms with Gasteiger partial charge in [-0.05, 0) is 13.3 Å². The van der Waals surface area contributed by atoms with Crippen molar-refractivity contribution in [2.75, 3.05) is 13.2 Å². The highest BCUT2D eigenvalue weighted by molar-refractivity contribution is 5.86. The Balaban J connectivity index is 2.40. The van der Waals surface area contributed by atoms with Crippen LogP contribution in [0.4, 0.5) is 0 Å². The fourth-order valence-electron chi connectivity index (χ4n) is 1.27. The number of carbonyl (C=O) groups is 1. The van der Waals surface area contributed by atoms with Crippen LogP contribution < -0.4 is 0 Å². The summed E-state index contributed by atoms with van der Waals surface area (Å²) in [7, 11) is 0. The molecule has 0 radical (unpaired) electrons. The lowest BCUT2D eigenvalue weighted by molar-refractivity contribution is 0.0689. The maximum Gasteiger partial charge on any atom is 0.358 e. The van der Waals surface area contributed by atoms with Crippen LogP contribution in [0.2, 0.25) is 0 Å². The molecule has 0 amide bonds. The Kier molecular flexibility index (Phi) is 4.91. The summed E-state index contributed by atoms with van der Waals surface area (Å²) < 4.78 is 6.92. The summed E-state index contributed by atoms with van der Waals surface area (Å²) >= 11 is 0. The molecule has 16 heavy (non-hydrogen) atoms. The first kappa shape index (κ1) is 12.6. The Morgan fingerprint density at radius 3 is 2.81 bits per heavy atom. The number of carboxylic acid groups (broad SMARTS) is 1. The summed E-state index contributed by atoms with van der Waals surface area (Å²) in [6.07, 6.45) is 2.14. The standard InChI is InChI=1S/C10H17N3O3/c1-3-4-6-16-7-5-13-8(2)9(10(14)15)11-12-13/h3-7H2,1-2H3,(H,14,15). The molecule has 0 saturated heterocycles. The number of hydrogen-bond donors (Lipinski definition) is 1. The van der Waals surface area contributed by atoms with Crippen molar-refractivity contribution < 1.29 is 14.6 Å². The summed E-state index contributed by atoms with van der Waals surface area (Å²) in [5.74, 6) is -1.05. The van der Waals surface area contributed by atoms with E-state index >= 15 is 0 Å². The molecule has 1 heterocycles. The van der Waals surface area contributed by atoms with E-state index in [1.165, 1.54) is 0 Å². The molecule has 0 atom stereocenters. The molecule has 6 nitrogen and oxygen atoms in total. The topological polar surface area (TPSA) is 77.2 Å². The minimum atomic E-state index is -1.05. The first-order valence-electron chi connectivity index (χ1n) is 5.38. The van der Waals surface area contributed by atoms with E-state index in [4.69, 9.17) is 9.84 Å². The smallest absolute Gasteiger partial charge is 0.358 e. The van der Waals surface area contributed by atoms with Crippen LogP contribution in [-0.4, -0.2) is 39.3 Å². The number of ether oxygens (including phenoxy) is 1. The maximum absolute atomic E-state index is 10.7. The van der Waals surface area contributed by atoms with Gasteiger partial charge in [0, 0.05) is 6.61 Å². The van der Waals surface area contributed by atoms with Gasteiger partial charge < -0.3 is 9.84 Å². The van der Waals surface area contributed by atoms with Crippen LogP contribution in [0, 0.1) is 6.92 Å². The van der Waals surface area contributed by atoms with Crippen molar-refractivity contribution in [1.82, 2.24) is 15.0 Å². The van der Waals surface area contributed by atoms with Gasteiger partial charge >= 0.3 is 5.97 Å². The van der Waals surface area contributed by atoms with E-state index in [2.05, 4.69) is 17.2 Å². The molecule has 6 heteroatoms. The van der Waals surface area contributed by atoms with Crippen LogP contribution >= 0.6 is 0 Å². The van der Waals surface area contributed by atoms with E-state index in [1.54, 1.807) is 11.6 Å². The second kappa shape index (κ2) is 6.22. The molecule has 0 fully saturated rings. The molecule has 90 valence electrons. The molecule has 0 aliphatic rings. The van der Waals surface area contributed by atoms with Crippen LogP contribution in [0.15, 0.2) is 0 Å². The first-order valence-corrected chi connectivity index (χ1v) is 5.38. The number of nitrogens with zero attached hydrogens (tertiary/aromatic N) is 3. The van der Waals surface area contributed by atoms with Gasteiger partial charge in [-0.1, -0.05) is 18.6 Å². The molecular weight excluding hydrogens is 210 g/mol. The van der Waals surface area contributed by atoms with Crippen LogP contribution in [0.1, 0.15) is 35.9 Å². The van der Waals surface area contributed by atoms with Gasteiger partial charge in [-0.25, -0.2) is 9.48 Å². The Labute approximate surface area is 94.2 Å². The van der Waals surface area contributed by atoms with E-state index in [1.807, 2.05) is 0 Å². The molecule has 1 aromatic heterocycles. The summed E-state index contributed by atoms with van der Waals surface area (Å²) in [5.41, 5.74) is 0.570. The quantitative estimate of drug-likeness (QED) is 0.706. The summed E-state index contributed by atoms with van der Waals surface area (Å²) in [6, 6.07) is 0. The molecule has 0 saturated carbocycles. The highest BCUT2D eigenvalue weighted by Crippen LogP contribution is 2.03. The zero-order chi connectivity index (χ0) is 12.0. The van der Waals surface area contributed by atoms with E-state index in [9.17, 15) is 4.79 Å². The molecular formula is C10H17N3O3. The average Bonchev–Trinajstić information content (AvgIpc) is 2.60. The summed E-state index contributed by atoms with van der Waals surface area (Å²) in [5, 5.41) is 16.1. The highest BCUT2D eigenvalue weighted by Gasteiger charge is 2.14. The Morgan fingerprint density at radius 2 is 2.25 bits per heavy atom. The zero-order valence-electron chi connectivity index (χ0n) is 9.64. The highest BCUT2D eigenvalue weighted by atomic mass is 16.5. The summed E-state index contributed by atoms with van der Waals surface area (Å²) in [6.45, 7) is 5.59. The predicted molar refractivity (Wildman–Crippen MR) is 57.4 cm³/mol. The van der Waals surface area contributed by atoms with Crippen molar-refractivity contribution in [3.8, 4) is 0 Å². The molecule has 0 unspecified atom stereocenters. The minimum absolute atomic E-state index is 0.00792. The van der Waals surface area contributed by atoms with Gasteiger partial charge in [0.1, 0.15) is 0 Å². The number of aromatic carboxylic acids is 1. The van der Waals surface area contributed by atoms with E-state index < -0.39 is 5.97 Å². The van der Waals surface area contributed by atoms with Crippen LogP contribution in [0.3, 0.4) is 0 Å². The van der Waals surface area contributed by atoms with Gasteiger partial charge in [0.25, 0.3) is 0 Å². The van der Waals surface area contributed by atoms with Crippen molar-refractivity contribution in [3.63, 3.8) is 0 Å². The fourth-order valence-corrected chi connectivity index (χ4v) is 1.27. The number of hydrogen-bond acceptors (Lipinski definition) is 4. The first-order chi connectivity index (χ1) is 7.66. The van der Waals surface area contributed by atoms with Crippen LogP contribution in [-0.2, 0) is 11.3 Å². The number of unbranched alkanes of at least 4 members (excludes halogenated alkanes) is 1. The molecule has 1 aromatic rings. The largest absolute Gasteiger partial charge is 0.476 e.